The van der Waals surface area contributed by atoms with E-state index < -0.39 is 17.6 Å². The average Bonchev–Trinajstić information content (AvgIpc) is 2.59. The fourth-order valence-corrected chi connectivity index (χ4v) is 2.02. The SMILES string of the molecule is Cc1cc(C(=O)O)c(C)n1-c1cccc(F)c1F. The first-order valence-corrected chi connectivity index (χ1v) is 5.30. The van der Waals surface area contributed by atoms with E-state index in [-0.39, 0.29) is 11.3 Å². The van der Waals surface area contributed by atoms with Crippen molar-refractivity contribution in [2.75, 3.05) is 0 Å². The van der Waals surface area contributed by atoms with Crippen LogP contribution >= 0.6 is 0 Å². The Bertz CT molecular complexity index is 632. The molecular weight excluding hydrogens is 240 g/mol. The third kappa shape index (κ3) is 1.77. The molecule has 0 spiro atoms. The van der Waals surface area contributed by atoms with Crippen LogP contribution in [0.4, 0.5) is 8.78 Å². The molecule has 0 aliphatic rings. The van der Waals surface area contributed by atoms with Crippen LogP contribution < -0.4 is 0 Å². The number of rotatable bonds is 2. The molecule has 0 unspecified atom stereocenters. The molecule has 0 radical (unpaired) electrons. The van der Waals surface area contributed by atoms with Crippen LogP contribution in [0.15, 0.2) is 24.3 Å². The van der Waals surface area contributed by atoms with Gasteiger partial charge in [-0.1, -0.05) is 6.07 Å². The maximum atomic E-state index is 13.7. The second kappa shape index (κ2) is 4.25. The lowest BCUT2D eigenvalue weighted by atomic mass is 10.2. The molecule has 0 saturated carbocycles. The van der Waals surface area contributed by atoms with Gasteiger partial charge in [0.1, 0.15) is 0 Å². The molecule has 0 saturated heterocycles. The average molecular weight is 251 g/mol. The Morgan fingerprint density at radius 3 is 2.50 bits per heavy atom. The van der Waals surface area contributed by atoms with E-state index in [9.17, 15) is 13.6 Å². The molecule has 0 atom stereocenters. The Morgan fingerprint density at radius 2 is 1.94 bits per heavy atom. The van der Waals surface area contributed by atoms with Gasteiger partial charge in [0, 0.05) is 11.4 Å². The molecule has 0 aliphatic carbocycles. The van der Waals surface area contributed by atoms with Gasteiger partial charge < -0.3 is 9.67 Å². The van der Waals surface area contributed by atoms with E-state index in [2.05, 4.69) is 0 Å². The summed E-state index contributed by atoms with van der Waals surface area (Å²) >= 11 is 0. The van der Waals surface area contributed by atoms with Crippen LogP contribution in [0, 0.1) is 25.5 Å². The summed E-state index contributed by atoms with van der Waals surface area (Å²) in [5, 5.41) is 8.99. The maximum Gasteiger partial charge on any atom is 0.337 e. The van der Waals surface area contributed by atoms with Gasteiger partial charge in [-0.05, 0) is 32.0 Å². The van der Waals surface area contributed by atoms with Crippen molar-refractivity contribution in [2.24, 2.45) is 0 Å². The summed E-state index contributed by atoms with van der Waals surface area (Å²) in [6.07, 6.45) is 0. The molecule has 3 nitrogen and oxygen atoms in total. The number of aryl methyl sites for hydroxylation is 1. The predicted molar refractivity (Wildman–Crippen MR) is 62.1 cm³/mol. The normalized spacial score (nSPS) is 10.7. The smallest absolute Gasteiger partial charge is 0.337 e. The summed E-state index contributed by atoms with van der Waals surface area (Å²) < 4.78 is 28.3. The Balaban J connectivity index is 2.72. The molecule has 2 rings (SSSR count). The molecule has 0 fully saturated rings. The van der Waals surface area contributed by atoms with Crippen molar-refractivity contribution in [3.63, 3.8) is 0 Å². The standard InChI is InChI=1S/C13H11F2NO2/c1-7-6-9(13(17)18)8(2)16(7)11-5-3-4-10(14)12(11)15/h3-6H,1-2H3,(H,17,18). The first-order valence-electron chi connectivity index (χ1n) is 5.30. The van der Waals surface area contributed by atoms with Crippen LogP contribution in [0.1, 0.15) is 21.7 Å². The molecule has 1 aromatic heterocycles. The minimum absolute atomic E-state index is 0.0116. The molecule has 0 amide bonds. The van der Waals surface area contributed by atoms with E-state index >= 15 is 0 Å². The highest BCUT2D eigenvalue weighted by Gasteiger charge is 2.18. The van der Waals surface area contributed by atoms with E-state index in [1.165, 1.54) is 22.8 Å². The van der Waals surface area contributed by atoms with Gasteiger partial charge in [0.25, 0.3) is 0 Å². The molecule has 18 heavy (non-hydrogen) atoms. The fraction of sp³-hybridized carbons (Fsp3) is 0.154. The van der Waals surface area contributed by atoms with Gasteiger partial charge in [0.15, 0.2) is 11.6 Å². The highest BCUT2D eigenvalue weighted by molar-refractivity contribution is 5.89. The first-order chi connectivity index (χ1) is 8.43. The second-order valence-electron chi connectivity index (χ2n) is 4.00. The number of carboxylic acids is 1. The zero-order valence-electron chi connectivity index (χ0n) is 9.87. The van der Waals surface area contributed by atoms with Crippen LogP contribution in [-0.4, -0.2) is 15.6 Å². The lowest BCUT2D eigenvalue weighted by molar-refractivity contribution is 0.0696. The minimum Gasteiger partial charge on any atom is -0.478 e. The number of carboxylic acid groups (broad SMARTS) is 1. The molecule has 5 heteroatoms. The van der Waals surface area contributed by atoms with E-state index in [0.717, 1.165) is 6.07 Å². The van der Waals surface area contributed by atoms with Crippen molar-refractivity contribution in [2.45, 2.75) is 13.8 Å². The van der Waals surface area contributed by atoms with Crippen molar-refractivity contribution in [3.05, 3.63) is 52.9 Å². The zero-order valence-corrected chi connectivity index (χ0v) is 9.87. The first kappa shape index (κ1) is 12.3. The van der Waals surface area contributed by atoms with E-state index in [1.807, 2.05) is 0 Å². The predicted octanol–water partition coefficient (Wildman–Crippen LogP) is 3.07. The van der Waals surface area contributed by atoms with E-state index in [0.29, 0.717) is 11.4 Å². The van der Waals surface area contributed by atoms with Crippen LogP contribution in [0.5, 0.6) is 0 Å². The number of aromatic carboxylic acids is 1. The second-order valence-corrected chi connectivity index (χ2v) is 4.00. The Morgan fingerprint density at radius 1 is 1.28 bits per heavy atom. The third-order valence-electron chi connectivity index (χ3n) is 2.83. The number of benzene rings is 1. The lowest BCUT2D eigenvalue weighted by Gasteiger charge is -2.10. The van der Waals surface area contributed by atoms with Gasteiger partial charge in [-0.2, -0.15) is 0 Å². The quantitative estimate of drug-likeness (QED) is 0.891. The summed E-state index contributed by atoms with van der Waals surface area (Å²) in [5.74, 6) is -3.04. The van der Waals surface area contributed by atoms with E-state index in [4.69, 9.17) is 5.11 Å². The molecule has 2 aromatic rings. The monoisotopic (exact) mass is 251 g/mol. The summed E-state index contributed by atoms with van der Waals surface area (Å²) in [6.45, 7) is 3.20. The molecule has 1 heterocycles. The molecule has 1 aromatic carbocycles. The Hall–Kier alpha value is -2.17. The van der Waals surface area contributed by atoms with Crippen molar-refractivity contribution >= 4 is 5.97 Å². The zero-order chi connectivity index (χ0) is 13.4. The van der Waals surface area contributed by atoms with Crippen molar-refractivity contribution in [1.29, 1.82) is 0 Å². The summed E-state index contributed by atoms with van der Waals surface area (Å²) in [4.78, 5) is 11.0. The summed E-state index contributed by atoms with van der Waals surface area (Å²) in [7, 11) is 0. The molecular formula is C13H11F2NO2. The number of aromatic nitrogens is 1. The summed E-state index contributed by atoms with van der Waals surface area (Å²) in [5.41, 5.74) is 0.993. The highest BCUT2D eigenvalue weighted by atomic mass is 19.2. The van der Waals surface area contributed by atoms with Gasteiger partial charge in [-0.25, -0.2) is 13.6 Å². The summed E-state index contributed by atoms with van der Waals surface area (Å²) in [6, 6.07) is 5.24. The number of halogens is 2. The molecule has 0 aliphatic heterocycles. The third-order valence-corrected chi connectivity index (χ3v) is 2.83. The van der Waals surface area contributed by atoms with Gasteiger partial charge in [-0.15, -0.1) is 0 Å². The van der Waals surface area contributed by atoms with Gasteiger partial charge in [0.05, 0.1) is 11.3 Å². The Kier molecular flexibility index (Phi) is 2.90. The van der Waals surface area contributed by atoms with Gasteiger partial charge >= 0.3 is 5.97 Å². The lowest BCUT2D eigenvalue weighted by Crippen LogP contribution is -2.05. The minimum atomic E-state index is -1.09. The number of carbonyl (C=O) groups is 1. The molecule has 94 valence electrons. The van der Waals surface area contributed by atoms with Crippen LogP contribution in [0.2, 0.25) is 0 Å². The van der Waals surface area contributed by atoms with Gasteiger partial charge in [0.2, 0.25) is 0 Å². The van der Waals surface area contributed by atoms with Crippen LogP contribution in [0.25, 0.3) is 5.69 Å². The van der Waals surface area contributed by atoms with Crippen LogP contribution in [-0.2, 0) is 0 Å². The molecule has 1 N–H and O–H groups in total. The maximum absolute atomic E-state index is 13.7. The van der Waals surface area contributed by atoms with Crippen molar-refractivity contribution in [3.8, 4) is 5.69 Å². The Labute approximate surface area is 102 Å². The van der Waals surface area contributed by atoms with Crippen LogP contribution in [0.3, 0.4) is 0 Å². The van der Waals surface area contributed by atoms with Crippen molar-refractivity contribution < 1.29 is 18.7 Å². The molecule has 0 bridgehead atoms. The largest absolute Gasteiger partial charge is 0.478 e. The van der Waals surface area contributed by atoms with Crippen molar-refractivity contribution in [1.82, 2.24) is 4.57 Å². The topological polar surface area (TPSA) is 42.2 Å². The highest BCUT2D eigenvalue weighted by Crippen LogP contribution is 2.23. The van der Waals surface area contributed by atoms with Gasteiger partial charge in [-0.3, -0.25) is 0 Å². The number of hydrogen-bond donors (Lipinski definition) is 1. The number of hydrogen-bond acceptors (Lipinski definition) is 1. The van der Waals surface area contributed by atoms with E-state index in [1.54, 1.807) is 13.8 Å². The number of nitrogens with zero attached hydrogens (tertiary/aromatic N) is 1. The fourth-order valence-electron chi connectivity index (χ4n) is 2.02.